The van der Waals surface area contributed by atoms with Crippen LogP contribution in [-0.2, 0) is 20.9 Å². The van der Waals surface area contributed by atoms with Crippen molar-refractivity contribution in [3.05, 3.63) is 42.0 Å². The highest BCUT2D eigenvalue weighted by Gasteiger charge is 2.47. The first-order chi connectivity index (χ1) is 14.5. The van der Waals surface area contributed by atoms with Gasteiger partial charge in [0.2, 0.25) is 17.7 Å². The van der Waals surface area contributed by atoms with Gasteiger partial charge < -0.3 is 9.64 Å². The van der Waals surface area contributed by atoms with Gasteiger partial charge in [-0.3, -0.25) is 19.3 Å². The van der Waals surface area contributed by atoms with Crippen molar-refractivity contribution in [1.29, 1.82) is 0 Å². The third-order valence-corrected chi connectivity index (χ3v) is 6.44. The molecule has 1 saturated carbocycles. The van der Waals surface area contributed by atoms with Gasteiger partial charge in [0.25, 0.3) is 0 Å². The number of likely N-dealkylation sites (tertiary alicyclic amines) is 1. The molecule has 6 nitrogen and oxygen atoms in total. The molecule has 1 aliphatic heterocycles. The van der Waals surface area contributed by atoms with Crippen LogP contribution in [0.2, 0.25) is 0 Å². The van der Waals surface area contributed by atoms with Gasteiger partial charge in [-0.05, 0) is 47.4 Å². The molecule has 4 rings (SSSR count). The highest BCUT2D eigenvalue weighted by molar-refractivity contribution is 6.05. The van der Waals surface area contributed by atoms with Crippen LogP contribution in [0.25, 0.3) is 10.8 Å². The highest BCUT2D eigenvalue weighted by Crippen LogP contribution is 2.38. The van der Waals surface area contributed by atoms with E-state index in [9.17, 15) is 14.4 Å². The summed E-state index contributed by atoms with van der Waals surface area (Å²) in [4.78, 5) is 40.8. The van der Waals surface area contributed by atoms with Crippen LogP contribution in [0.3, 0.4) is 0 Å². The molecule has 2 aromatic rings. The second-order valence-electron chi connectivity index (χ2n) is 8.37. The predicted molar refractivity (Wildman–Crippen MR) is 114 cm³/mol. The Labute approximate surface area is 176 Å². The van der Waals surface area contributed by atoms with Crippen molar-refractivity contribution in [2.75, 3.05) is 20.7 Å². The quantitative estimate of drug-likeness (QED) is 0.688. The molecule has 2 fully saturated rings. The van der Waals surface area contributed by atoms with Gasteiger partial charge in [0.1, 0.15) is 5.75 Å². The third kappa shape index (κ3) is 3.91. The Morgan fingerprint density at radius 3 is 2.33 bits per heavy atom. The fourth-order valence-corrected chi connectivity index (χ4v) is 4.71. The van der Waals surface area contributed by atoms with E-state index >= 15 is 0 Å². The van der Waals surface area contributed by atoms with Crippen LogP contribution >= 0.6 is 0 Å². The minimum absolute atomic E-state index is 0.0692. The van der Waals surface area contributed by atoms with Gasteiger partial charge in [0.15, 0.2) is 0 Å². The fourth-order valence-electron chi connectivity index (χ4n) is 4.71. The maximum absolute atomic E-state index is 12.6. The molecule has 2 atom stereocenters. The van der Waals surface area contributed by atoms with Crippen LogP contribution < -0.4 is 4.74 Å². The lowest BCUT2D eigenvalue weighted by Crippen LogP contribution is -2.36. The molecule has 30 heavy (non-hydrogen) atoms. The number of carbonyl (C=O) groups excluding carboxylic acids is 3. The van der Waals surface area contributed by atoms with Crippen molar-refractivity contribution >= 4 is 28.5 Å². The highest BCUT2D eigenvalue weighted by atomic mass is 16.5. The Morgan fingerprint density at radius 2 is 1.67 bits per heavy atom. The number of carbonyl (C=O) groups is 3. The summed E-state index contributed by atoms with van der Waals surface area (Å²) in [5.41, 5.74) is 1.03. The summed E-state index contributed by atoms with van der Waals surface area (Å²) < 4.78 is 5.26. The molecule has 1 heterocycles. The molecule has 2 aromatic carbocycles. The third-order valence-electron chi connectivity index (χ3n) is 6.44. The number of fused-ring (bicyclic) bond motifs is 2. The minimum Gasteiger partial charge on any atom is -0.497 e. The molecule has 0 aromatic heterocycles. The van der Waals surface area contributed by atoms with Gasteiger partial charge in [0, 0.05) is 26.6 Å². The summed E-state index contributed by atoms with van der Waals surface area (Å²) >= 11 is 0. The number of methoxy groups -OCH3 is 1. The maximum atomic E-state index is 12.6. The Hall–Kier alpha value is -2.89. The minimum atomic E-state index is -0.157. The molecule has 0 spiro atoms. The van der Waals surface area contributed by atoms with Gasteiger partial charge >= 0.3 is 0 Å². The molecule has 0 unspecified atom stereocenters. The van der Waals surface area contributed by atoms with Gasteiger partial charge in [-0.15, -0.1) is 0 Å². The van der Waals surface area contributed by atoms with Crippen LogP contribution in [0.5, 0.6) is 5.75 Å². The number of hydrogen-bond donors (Lipinski definition) is 0. The number of rotatable bonds is 6. The summed E-state index contributed by atoms with van der Waals surface area (Å²) in [5.74, 6) is 0.273. The molecule has 158 valence electrons. The average Bonchev–Trinajstić information content (AvgIpc) is 3.01. The van der Waals surface area contributed by atoms with Gasteiger partial charge in [0.05, 0.1) is 18.9 Å². The Kier molecular flexibility index (Phi) is 5.75. The molecule has 1 aliphatic carbocycles. The van der Waals surface area contributed by atoms with E-state index in [1.54, 1.807) is 19.1 Å². The van der Waals surface area contributed by atoms with E-state index in [0.29, 0.717) is 6.54 Å². The largest absolute Gasteiger partial charge is 0.497 e. The summed E-state index contributed by atoms with van der Waals surface area (Å²) in [6, 6.07) is 12.0. The van der Waals surface area contributed by atoms with Gasteiger partial charge in [-0.25, -0.2) is 0 Å². The van der Waals surface area contributed by atoms with Crippen molar-refractivity contribution in [3.63, 3.8) is 0 Å². The lowest BCUT2D eigenvalue weighted by Gasteiger charge is -2.20. The summed E-state index contributed by atoms with van der Waals surface area (Å²) in [7, 11) is 3.40. The first-order valence-corrected chi connectivity index (χ1v) is 10.6. The Morgan fingerprint density at radius 1 is 1.03 bits per heavy atom. The van der Waals surface area contributed by atoms with Crippen LogP contribution in [0.15, 0.2) is 36.4 Å². The zero-order chi connectivity index (χ0) is 21.3. The number of amides is 3. The van der Waals surface area contributed by atoms with E-state index in [-0.39, 0.29) is 42.5 Å². The molecule has 0 N–H and O–H groups in total. The lowest BCUT2D eigenvalue weighted by molar-refractivity contribution is -0.140. The van der Waals surface area contributed by atoms with E-state index < -0.39 is 0 Å². The standard InChI is InChI=1S/C24H28N2O4/c1-25(15-16-7-8-18-14-19(30-2)10-9-17(18)13-16)22(27)11-12-26-23(28)20-5-3-4-6-21(20)24(26)29/h7-10,13-14,20-21H,3-6,11-12,15H2,1-2H3/t20-,21+. The zero-order valence-electron chi connectivity index (χ0n) is 17.6. The van der Waals surface area contributed by atoms with Gasteiger partial charge in [-0.1, -0.05) is 31.0 Å². The second kappa shape index (κ2) is 8.46. The topological polar surface area (TPSA) is 66.9 Å². The smallest absolute Gasteiger partial charge is 0.233 e. The van der Waals surface area contributed by atoms with E-state index in [4.69, 9.17) is 4.74 Å². The number of nitrogens with zero attached hydrogens (tertiary/aromatic N) is 2. The van der Waals surface area contributed by atoms with E-state index in [1.165, 1.54) is 4.90 Å². The molecule has 0 bridgehead atoms. The first kappa shape index (κ1) is 20.4. The van der Waals surface area contributed by atoms with Crippen LogP contribution in [0, 0.1) is 11.8 Å². The second-order valence-corrected chi connectivity index (χ2v) is 8.37. The maximum Gasteiger partial charge on any atom is 0.233 e. The molecule has 6 heteroatoms. The van der Waals surface area contributed by atoms with E-state index in [2.05, 4.69) is 6.07 Å². The van der Waals surface area contributed by atoms with Crippen LogP contribution in [0.1, 0.15) is 37.7 Å². The average molecular weight is 408 g/mol. The lowest BCUT2D eigenvalue weighted by atomic mass is 9.81. The Balaban J connectivity index is 1.35. The molecule has 3 amide bonds. The molecule has 0 radical (unpaired) electrons. The molecular formula is C24H28N2O4. The van der Waals surface area contributed by atoms with Crippen molar-refractivity contribution < 1.29 is 19.1 Å². The number of ether oxygens (including phenoxy) is 1. The number of benzene rings is 2. The van der Waals surface area contributed by atoms with E-state index in [0.717, 1.165) is 47.8 Å². The van der Waals surface area contributed by atoms with Crippen molar-refractivity contribution in [2.24, 2.45) is 11.8 Å². The zero-order valence-corrected chi connectivity index (χ0v) is 17.6. The van der Waals surface area contributed by atoms with Crippen molar-refractivity contribution in [2.45, 2.75) is 38.6 Å². The van der Waals surface area contributed by atoms with Crippen molar-refractivity contribution in [1.82, 2.24) is 9.80 Å². The van der Waals surface area contributed by atoms with Gasteiger partial charge in [-0.2, -0.15) is 0 Å². The fraction of sp³-hybridized carbons (Fsp3) is 0.458. The number of hydrogen-bond acceptors (Lipinski definition) is 4. The van der Waals surface area contributed by atoms with Crippen LogP contribution in [0.4, 0.5) is 0 Å². The predicted octanol–water partition coefficient (Wildman–Crippen LogP) is 3.37. The molecular weight excluding hydrogens is 380 g/mol. The monoisotopic (exact) mass is 408 g/mol. The van der Waals surface area contributed by atoms with Crippen molar-refractivity contribution in [3.8, 4) is 5.75 Å². The summed E-state index contributed by atoms with van der Waals surface area (Å²) in [5, 5.41) is 2.17. The Bertz CT molecular complexity index is 962. The first-order valence-electron chi connectivity index (χ1n) is 10.6. The summed E-state index contributed by atoms with van der Waals surface area (Å²) in [6.45, 7) is 0.666. The molecule has 2 aliphatic rings. The normalized spacial score (nSPS) is 21.1. The SMILES string of the molecule is COc1ccc2cc(CN(C)C(=O)CCN3C(=O)[C@H]4CCCC[C@H]4C3=O)ccc2c1. The summed E-state index contributed by atoms with van der Waals surface area (Å²) in [6.07, 6.45) is 3.78. The molecule has 1 saturated heterocycles. The van der Waals surface area contributed by atoms with E-state index in [1.807, 2.05) is 30.3 Å². The van der Waals surface area contributed by atoms with Crippen LogP contribution in [-0.4, -0.2) is 48.2 Å². The number of imide groups is 1.